The van der Waals surface area contributed by atoms with E-state index < -0.39 is 0 Å². The second-order valence-electron chi connectivity index (χ2n) is 6.79. The summed E-state index contributed by atoms with van der Waals surface area (Å²) in [4.78, 5) is 14.0. The fourth-order valence-corrected chi connectivity index (χ4v) is 3.86. The van der Waals surface area contributed by atoms with E-state index in [4.69, 9.17) is 14.2 Å². The third-order valence-electron chi connectivity index (χ3n) is 5.00. The SMILES string of the molecule is C[C@H]1C[C@@H](n2c(Cc3ccon3)nc3cnc4cccnc4c32)CCO1. The monoisotopic (exact) mass is 349 g/mol. The Hall–Kier alpha value is -2.80. The van der Waals surface area contributed by atoms with Crippen molar-refractivity contribution < 1.29 is 9.26 Å². The normalized spacial score (nSPS) is 20.8. The molecule has 2 atom stereocenters. The Morgan fingerprint density at radius 1 is 1.23 bits per heavy atom. The molecular formula is C19H19N5O2. The van der Waals surface area contributed by atoms with Gasteiger partial charge in [-0.15, -0.1) is 0 Å². The average Bonchev–Trinajstić information content (AvgIpc) is 3.29. The second kappa shape index (κ2) is 6.17. The van der Waals surface area contributed by atoms with Gasteiger partial charge in [0.25, 0.3) is 0 Å². The second-order valence-corrected chi connectivity index (χ2v) is 6.79. The summed E-state index contributed by atoms with van der Waals surface area (Å²) < 4.78 is 13.1. The van der Waals surface area contributed by atoms with Crippen LogP contribution >= 0.6 is 0 Å². The molecule has 0 aromatic carbocycles. The summed E-state index contributed by atoms with van der Waals surface area (Å²) in [5, 5.41) is 4.06. The molecule has 0 amide bonds. The van der Waals surface area contributed by atoms with E-state index in [1.54, 1.807) is 6.26 Å². The van der Waals surface area contributed by atoms with Gasteiger partial charge in [-0.3, -0.25) is 9.97 Å². The summed E-state index contributed by atoms with van der Waals surface area (Å²) in [6.45, 7) is 2.88. The fraction of sp³-hybridized carbons (Fsp3) is 0.368. The minimum absolute atomic E-state index is 0.229. The summed E-state index contributed by atoms with van der Waals surface area (Å²) >= 11 is 0. The van der Waals surface area contributed by atoms with Crippen LogP contribution in [-0.4, -0.2) is 37.4 Å². The minimum atomic E-state index is 0.229. The van der Waals surface area contributed by atoms with Crippen molar-refractivity contribution in [3.05, 3.63) is 48.4 Å². The molecule has 5 heterocycles. The first-order chi connectivity index (χ1) is 12.8. The van der Waals surface area contributed by atoms with Crippen LogP contribution in [0.25, 0.3) is 22.1 Å². The number of fused-ring (bicyclic) bond motifs is 3. The van der Waals surface area contributed by atoms with Crippen LogP contribution in [0.3, 0.4) is 0 Å². The lowest BCUT2D eigenvalue weighted by atomic mass is 10.0. The highest BCUT2D eigenvalue weighted by Crippen LogP contribution is 2.33. The van der Waals surface area contributed by atoms with Gasteiger partial charge in [0.05, 0.1) is 35.4 Å². The molecule has 0 spiro atoms. The maximum atomic E-state index is 5.76. The van der Waals surface area contributed by atoms with Gasteiger partial charge in [-0.05, 0) is 31.9 Å². The number of pyridine rings is 2. The van der Waals surface area contributed by atoms with E-state index in [2.05, 4.69) is 26.6 Å². The number of imidazole rings is 1. The molecule has 1 saturated heterocycles. The van der Waals surface area contributed by atoms with Gasteiger partial charge >= 0.3 is 0 Å². The number of nitrogens with zero attached hydrogens (tertiary/aromatic N) is 5. The predicted molar refractivity (Wildman–Crippen MR) is 95.8 cm³/mol. The summed E-state index contributed by atoms with van der Waals surface area (Å²) in [7, 11) is 0. The predicted octanol–water partition coefficient (Wildman–Crippen LogP) is 3.30. The van der Waals surface area contributed by atoms with Crippen molar-refractivity contribution in [2.75, 3.05) is 6.61 Å². The summed E-state index contributed by atoms with van der Waals surface area (Å²) in [6, 6.07) is 6.10. The molecule has 0 aliphatic carbocycles. The zero-order valence-corrected chi connectivity index (χ0v) is 14.5. The molecule has 4 aromatic rings. The first kappa shape index (κ1) is 15.5. The minimum Gasteiger partial charge on any atom is -0.378 e. The third-order valence-corrected chi connectivity index (χ3v) is 5.00. The molecule has 26 heavy (non-hydrogen) atoms. The molecule has 0 bridgehead atoms. The van der Waals surface area contributed by atoms with Gasteiger partial charge in [0, 0.05) is 24.9 Å². The van der Waals surface area contributed by atoms with Gasteiger partial charge in [-0.25, -0.2) is 4.98 Å². The zero-order valence-electron chi connectivity index (χ0n) is 14.5. The van der Waals surface area contributed by atoms with Gasteiger partial charge in [-0.1, -0.05) is 5.16 Å². The van der Waals surface area contributed by atoms with Crippen LogP contribution in [0.4, 0.5) is 0 Å². The molecule has 0 unspecified atom stereocenters. The first-order valence-corrected chi connectivity index (χ1v) is 8.91. The van der Waals surface area contributed by atoms with Crippen molar-refractivity contribution in [2.45, 2.75) is 38.3 Å². The average molecular weight is 349 g/mol. The third kappa shape index (κ3) is 2.55. The summed E-state index contributed by atoms with van der Waals surface area (Å²) in [6.07, 6.45) is 8.00. The van der Waals surface area contributed by atoms with E-state index in [0.29, 0.717) is 12.5 Å². The van der Waals surface area contributed by atoms with E-state index in [1.165, 1.54) is 0 Å². The molecule has 0 saturated carbocycles. The number of hydrogen-bond acceptors (Lipinski definition) is 6. The molecule has 1 fully saturated rings. The number of aromatic nitrogens is 5. The number of ether oxygens (including phenoxy) is 1. The Kier molecular flexibility index (Phi) is 3.67. The molecule has 1 aliphatic rings. The van der Waals surface area contributed by atoms with E-state index in [0.717, 1.165) is 53.0 Å². The Morgan fingerprint density at radius 3 is 3.04 bits per heavy atom. The van der Waals surface area contributed by atoms with Crippen LogP contribution in [0.15, 0.2) is 41.4 Å². The zero-order chi connectivity index (χ0) is 17.5. The highest BCUT2D eigenvalue weighted by Gasteiger charge is 2.26. The molecule has 0 N–H and O–H groups in total. The van der Waals surface area contributed by atoms with Crippen LogP contribution in [-0.2, 0) is 11.2 Å². The quantitative estimate of drug-likeness (QED) is 0.565. The Bertz CT molecular complexity index is 1060. The van der Waals surface area contributed by atoms with Crippen LogP contribution in [0, 0.1) is 0 Å². The van der Waals surface area contributed by atoms with Crippen molar-refractivity contribution in [2.24, 2.45) is 0 Å². The van der Waals surface area contributed by atoms with E-state index in [-0.39, 0.29) is 6.10 Å². The van der Waals surface area contributed by atoms with Gasteiger partial charge in [0.15, 0.2) is 0 Å². The summed E-state index contributed by atoms with van der Waals surface area (Å²) in [5.74, 6) is 0.966. The molecule has 7 nitrogen and oxygen atoms in total. The van der Waals surface area contributed by atoms with Crippen molar-refractivity contribution in [3.8, 4) is 0 Å². The largest absolute Gasteiger partial charge is 0.378 e. The van der Waals surface area contributed by atoms with Crippen molar-refractivity contribution in [1.29, 1.82) is 0 Å². The van der Waals surface area contributed by atoms with Crippen LogP contribution < -0.4 is 0 Å². The molecule has 7 heteroatoms. The number of rotatable bonds is 3. The number of hydrogen-bond donors (Lipinski definition) is 0. The van der Waals surface area contributed by atoms with Crippen LogP contribution in [0.5, 0.6) is 0 Å². The molecule has 4 aromatic heterocycles. The van der Waals surface area contributed by atoms with Gasteiger partial charge < -0.3 is 13.8 Å². The van der Waals surface area contributed by atoms with E-state index >= 15 is 0 Å². The van der Waals surface area contributed by atoms with E-state index in [9.17, 15) is 0 Å². The maximum absolute atomic E-state index is 5.76. The van der Waals surface area contributed by atoms with Crippen LogP contribution in [0.2, 0.25) is 0 Å². The lowest BCUT2D eigenvalue weighted by Crippen LogP contribution is -2.26. The molecule has 5 rings (SSSR count). The molecular weight excluding hydrogens is 330 g/mol. The molecule has 132 valence electrons. The van der Waals surface area contributed by atoms with E-state index in [1.807, 2.05) is 30.6 Å². The molecule has 0 radical (unpaired) electrons. The highest BCUT2D eigenvalue weighted by atomic mass is 16.5. The Balaban J connectivity index is 1.74. The topological polar surface area (TPSA) is 78.9 Å². The lowest BCUT2D eigenvalue weighted by Gasteiger charge is -2.30. The first-order valence-electron chi connectivity index (χ1n) is 8.91. The Labute approximate surface area is 150 Å². The smallest absolute Gasteiger partial charge is 0.124 e. The van der Waals surface area contributed by atoms with Crippen molar-refractivity contribution >= 4 is 22.1 Å². The van der Waals surface area contributed by atoms with Gasteiger partial charge in [0.1, 0.15) is 23.1 Å². The fourth-order valence-electron chi connectivity index (χ4n) is 3.86. The Morgan fingerprint density at radius 2 is 2.19 bits per heavy atom. The molecule has 1 aliphatic heterocycles. The lowest BCUT2D eigenvalue weighted by molar-refractivity contribution is 0.00630. The van der Waals surface area contributed by atoms with Crippen molar-refractivity contribution in [3.63, 3.8) is 0 Å². The standard InChI is InChI=1S/C19H19N5O2/c1-12-9-14(5-7-25-12)24-17(10-13-4-8-26-23-13)22-16-11-21-15-3-2-6-20-18(15)19(16)24/h2-4,6,8,11-12,14H,5,7,9-10H2,1H3/t12-,14-/m0/s1. The van der Waals surface area contributed by atoms with Crippen molar-refractivity contribution in [1.82, 2.24) is 24.7 Å². The van der Waals surface area contributed by atoms with Gasteiger partial charge in [-0.2, -0.15) is 0 Å². The van der Waals surface area contributed by atoms with Crippen LogP contribution in [0.1, 0.15) is 37.3 Å². The summed E-state index contributed by atoms with van der Waals surface area (Å²) in [5.41, 5.74) is 4.56. The van der Waals surface area contributed by atoms with Gasteiger partial charge in [0.2, 0.25) is 0 Å². The maximum Gasteiger partial charge on any atom is 0.124 e. The highest BCUT2D eigenvalue weighted by molar-refractivity contribution is 5.99.